The van der Waals surface area contributed by atoms with Gasteiger partial charge in [0.15, 0.2) is 0 Å². The molecule has 1 aromatic heterocycles. The van der Waals surface area contributed by atoms with Gasteiger partial charge in [0.25, 0.3) is 0 Å². The Morgan fingerprint density at radius 2 is 1.90 bits per heavy atom. The molecule has 20 heavy (non-hydrogen) atoms. The normalized spacial score (nSPS) is 11.4. The van der Waals surface area contributed by atoms with E-state index in [1.54, 1.807) is 25.1 Å². The average molecular weight is 283 g/mol. The lowest BCUT2D eigenvalue weighted by atomic mass is 10.0. The van der Waals surface area contributed by atoms with Crippen LogP contribution in [0.25, 0.3) is 11.1 Å². The summed E-state index contributed by atoms with van der Waals surface area (Å²) in [4.78, 5) is 14.1. The third-order valence-electron chi connectivity index (χ3n) is 2.73. The number of nitrogens with one attached hydrogen (secondary N) is 1. The van der Waals surface area contributed by atoms with Gasteiger partial charge in [-0.25, -0.2) is 4.79 Å². The summed E-state index contributed by atoms with van der Waals surface area (Å²) < 4.78 is 43.9. The highest BCUT2D eigenvalue weighted by Gasteiger charge is 2.37. The van der Waals surface area contributed by atoms with Crippen molar-refractivity contribution < 1.29 is 22.7 Å². The summed E-state index contributed by atoms with van der Waals surface area (Å²) in [5.74, 6) is -0.804. The van der Waals surface area contributed by atoms with E-state index >= 15 is 0 Å². The summed E-state index contributed by atoms with van der Waals surface area (Å²) >= 11 is 0. The molecule has 1 aromatic carbocycles. The summed E-state index contributed by atoms with van der Waals surface area (Å²) in [6, 6.07) is 7.94. The second-order valence-corrected chi connectivity index (χ2v) is 4.04. The molecule has 0 saturated heterocycles. The van der Waals surface area contributed by atoms with E-state index in [-0.39, 0.29) is 17.9 Å². The van der Waals surface area contributed by atoms with E-state index in [0.29, 0.717) is 5.56 Å². The Morgan fingerprint density at radius 3 is 2.45 bits per heavy atom. The molecule has 0 radical (unpaired) electrons. The summed E-state index contributed by atoms with van der Waals surface area (Å²) in [6.45, 7) is 1.68. The van der Waals surface area contributed by atoms with Crippen LogP contribution < -0.4 is 0 Å². The molecule has 0 aliphatic rings. The number of halogens is 3. The number of hydrogen-bond donors (Lipinski definition) is 1. The largest absolute Gasteiger partial charge is 0.461 e. The van der Waals surface area contributed by atoms with Crippen LogP contribution in [0.5, 0.6) is 0 Å². The molecule has 3 nitrogen and oxygen atoms in total. The number of esters is 1. The van der Waals surface area contributed by atoms with Gasteiger partial charge in [0.05, 0.1) is 12.2 Å². The van der Waals surface area contributed by atoms with Gasteiger partial charge in [0.2, 0.25) is 0 Å². The Balaban J connectivity index is 2.61. The molecule has 0 spiro atoms. The molecule has 0 atom stereocenters. The topological polar surface area (TPSA) is 42.1 Å². The third-order valence-corrected chi connectivity index (χ3v) is 2.73. The first-order chi connectivity index (χ1) is 9.45. The summed E-state index contributed by atoms with van der Waals surface area (Å²) in [7, 11) is 0. The van der Waals surface area contributed by atoms with Crippen LogP contribution in [0, 0.1) is 0 Å². The van der Waals surface area contributed by atoms with E-state index in [2.05, 4.69) is 4.98 Å². The SMILES string of the molecule is CCOC(=O)c1[nH]cc(C(F)(F)F)c1-c1ccccc1. The van der Waals surface area contributed by atoms with Crippen LogP contribution in [0.3, 0.4) is 0 Å². The fourth-order valence-corrected chi connectivity index (χ4v) is 1.92. The van der Waals surface area contributed by atoms with Gasteiger partial charge in [-0.15, -0.1) is 0 Å². The van der Waals surface area contributed by atoms with Crippen LogP contribution in [0.2, 0.25) is 0 Å². The van der Waals surface area contributed by atoms with E-state index in [0.717, 1.165) is 6.20 Å². The standard InChI is InChI=1S/C14H12F3NO2/c1-2-20-13(19)12-11(9-6-4-3-5-7-9)10(8-18-12)14(15,16)17/h3-8,18H,2H2,1H3. The molecule has 0 saturated carbocycles. The van der Waals surface area contributed by atoms with Crippen LogP contribution in [0.4, 0.5) is 13.2 Å². The van der Waals surface area contributed by atoms with Crippen molar-refractivity contribution in [2.24, 2.45) is 0 Å². The molecule has 2 aromatic rings. The lowest BCUT2D eigenvalue weighted by Crippen LogP contribution is -2.09. The van der Waals surface area contributed by atoms with Crippen LogP contribution in [0.15, 0.2) is 36.5 Å². The molecule has 0 fully saturated rings. The highest BCUT2D eigenvalue weighted by atomic mass is 19.4. The van der Waals surface area contributed by atoms with Crippen molar-refractivity contribution in [2.45, 2.75) is 13.1 Å². The molecule has 1 heterocycles. The number of carbonyl (C=O) groups excluding carboxylic acids is 1. The Hall–Kier alpha value is -2.24. The first-order valence-electron chi connectivity index (χ1n) is 5.96. The second-order valence-electron chi connectivity index (χ2n) is 4.04. The van der Waals surface area contributed by atoms with E-state index in [9.17, 15) is 18.0 Å². The Labute approximate surface area is 113 Å². The maximum absolute atomic E-state index is 13.0. The number of ether oxygens (including phenoxy) is 1. The van der Waals surface area contributed by atoms with Gasteiger partial charge in [-0.2, -0.15) is 13.2 Å². The molecule has 2 rings (SSSR count). The molecule has 0 aliphatic heterocycles. The van der Waals surface area contributed by atoms with Gasteiger partial charge in [0, 0.05) is 11.8 Å². The number of alkyl halides is 3. The Kier molecular flexibility index (Phi) is 3.83. The minimum atomic E-state index is -4.55. The zero-order valence-corrected chi connectivity index (χ0v) is 10.6. The molecule has 6 heteroatoms. The lowest BCUT2D eigenvalue weighted by molar-refractivity contribution is -0.137. The lowest BCUT2D eigenvalue weighted by Gasteiger charge is -2.10. The van der Waals surface area contributed by atoms with Gasteiger partial charge in [-0.1, -0.05) is 30.3 Å². The van der Waals surface area contributed by atoms with E-state index in [1.807, 2.05) is 0 Å². The molecular weight excluding hydrogens is 271 g/mol. The van der Waals surface area contributed by atoms with Crippen LogP contribution in [0.1, 0.15) is 23.0 Å². The van der Waals surface area contributed by atoms with Gasteiger partial charge < -0.3 is 9.72 Å². The van der Waals surface area contributed by atoms with Crippen molar-refractivity contribution in [1.29, 1.82) is 0 Å². The fraction of sp³-hybridized carbons (Fsp3) is 0.214. The predicted octanol–water partition coefficient (Wildman–Crippen LogP) is 3.88. The maximum atomic E-state index is 13.0. The maximum Gasteiger partial charge on any atom is 0.418 e. The molecule has 0 unspecified atom stereocenters. The Bertz CT molecular complexity index is 603. The molecule has 106 valence electrons. The summed E-state index contributed by atoms with van der Waals surface area (Å²) in [5.41, 5.74) is -0.946. The summed E-state index contributed by atoms with van der Waals surface area (Å²) in [5, 5.41) is 0. The highest BCUT2D eigenvalue weighted by Crippen LogP contribution is 2.39. The summed E-state index contributed by atoms with van der Waals surface area (Å²) in [6.07, 6.45) is -3.76. The number of H-pyrrole nitrogens is 1. The minimum absolute atomic E-state index is 0.0907. The zero-order chi connectivity index (χ0) is 14.8. The molecule has 0 amide bonds. The zero-order valence-electron chi connectivity index (χ0n) is 10.6. The van der Waals surface area contributed by atoms with Crippen LogP contribution in [-0.2, 0) is 10.9 Å². The van der Waals surface area contributed by atoms with E-state index in [1.165, 1.54) is 12.1 Å². The number of rotatable bonds is 3. The number of benzene rings is 1. The average Bonchev–Trinajstić information content (AvgIpc) is 2.84. The Morgan fingerprint density at radius 1 is 1.25 bits per heavy atom. The first-order valence-corrected chi connectivity index (χ1v) is 5.96. The van der Waals surface area contributed by atoms with Crippen molar-refractivity contribution in [1.82, 2.24) is 4.98 Å². The number of hydrogen-bond acceptors (Lipinski definition) is 2. The van der Waals surface area contributed by atoms with Gasteiger partial charge in [-0.05, 0) is 12.5 Å². The van der Waals surface area contributed by atoms with Gasteiger partial charge in [0.1, 0.15) is 5.69 Å². The van der Waals surface area contributed by atoms with Crippen molar-refractivity contribution in [2.75, 3.05) is 6.61 Å². The van der Waals surface area contributed by atoms with Gasteiger partial charge in [-0.3, -0.25) is 0 Å². The molecule has 0 aliphatic carbocycles. The number of aromatic nitrogens is 1. The minimum Gasteiger partial charge on any atom is -0.461 e. The monoisotopic (exact) mass is 283 g/mol. The van der Waals surface area contributed by atoms with Crippen molar-refractivity contribution >= 4 is 5.97 Å². The fourth-order valence-electron chi connectivity index (χ4n) is 1.92. The number of aromatic amines is 1. The highest BCUT2D eigenvalue weighted by molar-refractivity contribution is 5.96. The number of carbonyl (C=O) groups is 1. The molecule has 1 N–H and O–H groups in total. The van der Waals surface area contributed by atoms with Crippen LogP contribution in [-0.4, -0.2) is 17.6 Å². The second kappa shape index (κ2) is 5.40. The quantitative estimate of drug-likeness (QED) is 0.869. The van der Waals surface area contributed by atoms with Crippen molar-refractivity contribution in [3.8, 4) is 11.1 Å². The molecule has 0 bridgehead atoms. The first kappa shape index (κ1) is 14.2. The van der Waals surface area contributed by atoms with Crippen molar-refractivity contribution in [3.05, 3.63) is 47.8 Å². The van der Waals surface area contributed by atoms with Gasteiger partial charge >= 0.3 is 12.1 Å². The van der Waals surface area contributed by atoms with Crippen molar-refractivity contribution in [3.63, 3.8) is 0 Å². The van der Waals surface area contributed by atoms with E-state index < -0.39 is 17.7 Å². The predicted molar refractivity (Wildman–Crippen MR) is 67.2 cm³/mol. The third kappa shape index (κ3) is 2.68. The smallest absolute Gasteiger partial charge is 0.418 e. The van der Waals surface area contributed by atoms with E-state index in [4.69, 9.17) is 4.74 Å². The molecular formula is C14H12F3NO2. The van der Waals surface area contributed by atoms with Crippen LogP contribution >= 0.6 is 0 Å².